The molecule has 1 aliphatic carbocycles. The molecule has 1 aromatic carbocycles. The Hall–Kier alpha value is -2.50. The molecular formula is C31H43N3O3. The van der Waals surface area contributed by atoms with Gasteiger partial charge in [-0.1, -0.05) is 65.4 Å². The van der Waals surface area contributed by atoms with Gasteiger partial charge in [0, 0.05) is 24.8 Å². The van der Waals surface area contributed by atoms with Crippen molar-refractivity contribution in [2.45, 2.75) is 129 Å². The molecule has 5 rings (SSSR count). The van der Waals surface area contributed by atoms with E-state index in [-0.39, 0.29) is 41.5 Å². The number of hydrogen-bond acceptors (Lipinski definition) is 4. The van der Waals surface area contributed by atoms with Gasteiger partial charge in [-0.15, -0.1) is 0 Å². The Balaban J connectivity index is 1.57. The van der Waals surface area contributed by atoms with E-state index in [1.165, 1.54) is 49.7 Å². The fraction of sp³-hybridized carbons (Fsp3) is 0.677. The number of carbonyl (C=O) groups excluding carboxylic acids is 3. The molecule has 2 bridgehead atoms. The van der Waals surface area contributed by atoms with Crippen LogP contribution in [0.15, 0.2) is 12.1 Å². The molecule has 3 atom stereocenters. The molecule has 3 heterocycles. The van der Waals surface area contributed by atoms with E-state index in [4.69, 9.17) is 5.10 Å². The lowest BCUT2D eigenvalue weighted by molar-refractivity contribution is -0.139. The maximum absolute atomic E-state index is 13.9. The zero-order chi connectivity index (χ0) is 26.3. The van der Waals surface area contributed by atoms with Crippen LogP contribution >= 0.6 is 0 Å². The van der Waals surface area contributed by atoms with Crippen LogP contribution in [0.1, 0.15) is 126 Å². The second-order valence-electron chi connectivity index (χ2n) is 12.2. The van der Waals surface area contributed by atoms with Crippen molar-refractivity contribution >= 4 is 28.4 Å². The first-order valence-corrected chi connectivity index (χ1v) is 14.6. The summed E-state index contributed by atoms with van der Waals surface area (Å²) in [5, 5.41) is 5.60. The van der Waals surface area contributed by atoms with E-state index in [0.29, 0.717) is 18.0 Å². The van der Waals surface area contributed by atoms with Gasteiger partial charge in [0.2, 0.25) is 5.91 Å². The summed E-state index contributed by atoms with van der Waals surface area (Å²) in [4.78, 5) is 41.4. The van der Waals surface area contributed by atoms with Crippen LogP contribution in [-0.4, -0.2) is 44.2 Å². The summed E-state index contributed by atoms with van der Waals surface area (Å²) >= 11 is 0. The smallest absolute Gasteiger partial charge is 0.245 e. The van der Waals surface area contributed by atoms with E-state index in [9.17, 15) is 14.4 Å². The molecule has 6 nitrogen and oxygen atoms in total. The van der Waals surface area contributed by atoms with E-state index in [2.05, 4.69) is 26.0 Å². The van der Waals surface area contributed by atoms with Gasteiger partial charge in [-0.05, 0) is 60.6 Å². The summed E-state index contributed by atoms with van der Waals surface area (Å²) in [5.74, 6) is 0.403. The van der Waals surface area contributed by atoms with Crippen molar-refractivity contribution in [3.8, 4) is 0 Å². The van der Waals surface area contributed by atoms with E-state index >= 15 is 0 Å². The molecule has 2 aromatic rings. The minimum atomic E-state index is -0.309. The lowest BCUT2D eigenvalue weighted by Gasteiger charge is -2.26. The van der Waals surface area contributed by atoms with Crippen LogP contribution in [0, 0.1) is 5.41 Å². The maximum Gasteiger partial charge on any atom is 0.245 e. The second kappa shape index (κ2) is 10.3. The Morgan fingerprint density at radius 3 is 2.43 bits per heavy atom. The molecule has 0 spiro atoms. The zero-order valence-electron chi connectivity index (χ0n) is 23.1. The summed E-state index contributed by atoms with van der Waals surface area (Å²) in [6.45, 7) is 7.89. The average Bonchev–Trinajstić information content (AvgIpc) is 3.27. The Morgan fingerprint density at radius 2 is 1.76 bits per heavy atom. The SMILES string of the molecule is CCC(=O)[C@@H]1C[C@]23CCCCCCCCCc4cc(C(C)C)cc5c(C(C)=O)nn(c45)CC(=O)N1[C@@H]2C3. The van der Waals surface area contributed by atoms with E-state index < -0.39 is 0 Å². The van der Waals surface area contributed by atoms with Gasteiger partial charge in [0.15, 0.2) is 11.6 Å². The van der Waals surface area contributed by atoms with Gasteiger partial charge in [-0.3, -0.25) is 19.1 Å². The number of Topliss-reactive ketones (excluding diaryl/α,β-unsaturated/α-hetero) is 2. The highest BCUT2D eigenvalue weighted by atomic mass is 16.2. The van der Waals surface area contributed by atoms with Gasteiger partial charge in [0.25, 0.3) is 0 Å². The molecule has 2 fully saturated rings. The molecule has 1 saturated carbocycles. The maximum atomic E-state index is 13.9. The Kier molecular flexibility index (Phi) is 7.30. The molecule has 3 aliphatic rings. The summed E-state index contributed by atoms with van der Waals surface area (Å²) in [7, 11) is 0. The van der Waals surface area contributed by atoms with Gasteiger partial charge < -0.3 is 4.90 Å². The monoisotopic (exact) mass is 505 g/mol. The molecule has 6 heteroatoms. The second-order valence-corrected chi connectivity index (χ2v) is 12.2. The standard InChI is InChI=1S/C31H43N3O3/c1-5-26(36)25-17-31-14-12-10-8-6-7-9-11-13-22-15-23(20(2)3)16-24-29(21(4)35)32-33(30(22)24)19-28(37)34(25)27(31)18-31/h15-16,20,25,27H,5-14,17-19H2,1-4H3/t25-,27+,31-/m0/s1. The first-order chi connectivity index (χ1) is 17.8. The summed E-state index contributed by atoms with van der Waals surface area (Å²) in [5.41, 5.74) is 3.89. The van der Waals surface area contributed by atoms with Crippen LogP contribution < -0.4 is 0 Å². The third-order valence-electron chi connectivity index (χ3n) is 9.28. The Labute approximate surface area is 221 Å². The van der Waals surface area contributed by atoms with Crippen LogP contribution in [0.2, 0.25) is 0 Å². The van der Waals surface area contributed by atoms with Crippen LogP contribution in [0.5, 0.6) is 0 Å². The van der Waals surface area contributed by atoms with Crippen molar-refractivity contribution < 1.29 is 14.4 Å². The number of nitrogens with zero attached hydrogens (tertiary/aromatic N) is 3. The third kappa shape index (κ3) is 4.88. The van der Waals surface area contributed by atoms with Gasteiger partial charge >= 0.3 is 0 Å². The third-order valence-corrected chi connectivity index (χ3v) is 9.28. The van der Waals surface area contributed by atoms with Crippen LogP contribution in [-0.2, 0) is 22.6 Å². The summed E-state index contributed by atoms with van der Waals surface area (Å²) < 4.78 is 1.78. The molecule has 0 radical (unpaired) electrons. The normalized spacial score (nSPS) is 26.8. The molecule has 1 saturated heterocycles. The molecule has 0 unspecified atom stereocenters. The van der Waals surface area contributed by atoms with Gasteiger partial charge in [-0.25, -0.2) is 0 Å². The first kappa shape index (κ1) is 26.1. The predicted molar refractivity (Wildman–Crippen MR) is 146 cm³/mol. The number of piperidine rings is 1. The van der Waals surface area contributed by atoms with Crippen molar-refractivity contribution in [2.75, 3.05) is 0 Å². The van der Waals surface area contributed by atoms with Crippen molar-refractivity contribution in [1.82, 2.24) is 14.7 Å². The zero-order valence-corrected chi connectivity index (χ0v) is 23.1. The van der Waals surface area contributed by atoms with Crippen molar-refractivity contribution in [3.05, 3.63) is 29.0 Å². The highest BCUT2D eigenvalue weighted by molar-refractivity contribution is 6.06. The van der Waals surface area contributed by atoms with Gasteiger partial charge in [0.05, 0.1) is 11.6 Å². The molecule has 37 heavy (non-hydrogen) atoms. The molecule has 1 aromatic heterocycles. The van der Waals surface area contributed by atoms with Crippen LogP contribution in [0.25, 0.3) is 10.9 Å². The Morgan fingerprint density at radius 1 is 1.05 bits per heavy atom. The predicted octanol–water partition coefficient (Wildman–Crippen LogP) is 6.38. The molecule has 2 aliphatic heterocycles. The van der Waals surface area contributed by atoms with Crippen molar-refractivity contribution in [3.63, 3.8) is 0 Å². The number of benzene rings is 1. The number of hydrogen-bond donors (Lipinski definition) is 0. The van der Waals surface area contributed by atoms with E-state index in [1.54, 1.807) is 11.6 Å². The van der Waals surface area contributed by atoms with Gasteiger partial charge in [0.1, 0.15) is 12.2 Å². The van der Waals surface area contributed by atoms with Gasteiger partial charge in [-0.2, -0.15) is 5.10 Å². The Bertz CT molecular complexity index is 1210. The quantitative estimate of drug-likeness (QED) is 0.452. The molecule has 200 valence electrons. The fourth-order valence-corrected chi connectivity index (χ4v) is 7.08. The molecule has 0 N–H and O–H groups in total. The van der Waals surface area contributed by atoms with E-state index in [0.717, 1.165) is 43.0 Å². The largest absolute Gasteiger partial charge is 0.327 e. The average molecular weight is 506 g/mol. The van der Waals surface area contributed by atoms with Crippen molar-refractivity contribution in [2.24, 2.45) is 5.41 Å². The number of rotatable bonds is 4. The number of ketones is 2. The lowest BCUT2D eigenvalue weighted by Crippen LogP contribution is -2.44. The topological polar surface area (TPSA) is 72.3 Å². The number of aromatic nitrogens is 2. The van der Waals surface area contributed by atoms with E-state index in [1.807, 2.05) is 11.8 Å². The highest BCUT2D eigenvalue weighted by Crippen LogP contribution is 2.62. The number of carbonyl (C=O) groups is 3. The first-order valence-electron chi connectivity index (χ1n) is 14.6. The molecular weight excluding hydrogens is 462 g/mol. The van der Waals surface area contributed by atoms with Crippen LogP contribution in [0.3, 0.4) is 0 Å². The highest BCUT2D eigenvalue weighted by Gasteiger charge is 2.66. The number of amides is 1. The van der Waals surface area contributed by atoms with Crippen LogP contribution in [0.4, 0.5) is 0 Å². The minimum Gasteiger partial charge on any atom is -0.327 e. The minimum absolute atomic E-state index is 0.0288. The summed E-state index contributed by atoms with van der Waals surface area (Å²) in [6.07, 6.45) is 12.8. The fourth-order valence-electron chi connectivity index (χ4n) is 7.08. The van der Waals surface area contributed by atoms with Crippen molar-refractivity contribution in [1.29, 1.82) is 0 Å². The lowest BCUT2D eigenvalue weighted by atomic mass is 9.90. The summed E-state index contributed by atoms with van der Waals surface area (Å²) in [6, 6.07) is 4.23. The number of aryl methyl sites for hydroxylation is 1. The molecule has 1 amide bonds.